The van der Waals surface area contributed by atoms with E-state index in [1.165, 1.54) is 4.90 Å². The Bertz CT molecular complexity index is 691. The summed E-state index contributed by atoms with van der Waals surface area (Å²) in [5, 5.41) is 2.27. The normalized spacial score (nSPS) is 23.5. The average molecular weight is 335 g/mol. The smallest absolute Gasteiger partial charge is 0.325 e. The molecule has 120 valence electrons. The number of benzene rings is 1. The zero-order valence-corrected chi connectivity index (χ0v) is 13.2. The van der Waals surface area contributed by atoms with Crippen molar-refractivity contribution in [3.8, 4) is 0 Å². The summed E-state index contributed by atoms with van der Waals surface area (Å²) >= 11 is 5.91. The molecule has 3 rings (SSSR count). The van der Waals surface area contributed by atoms with Crippen LogP contribution < -0.4 is 5.32 Å². The number of fused-ring (bicyclic) bond motifs is 1. The lowest BCUT2D eigenvalue weighted by atomic mass is 10.1. The van der Waals surface area contributed by atoms with Crippen LogP contribution >= 0.6 is 11.6 Å². The van der Waals surface area contributed by atoms with Gasteiger partial charge in [-0.1, -0.05) is 30.3 Å². The first-order valence-corrected chi connectivity index (χ1v) is 7.61. The molecule has 8 heteroatoms. The molecular weight excluding hydrogens is 320 g/mol. The van der Waals surface area contributed by atoms with Crippen molar-refractivity contribution in [2.24, 2.45) is 4.99 Å². The Kier molecular flexibility index (Phi) is 4.04. The van der Waals surface area contributed by atoms with Crippen molar-refractivity contribution in [1.29, 1.82) is 0 Å². The Morgan fingerprint density at radius 1 is 1.30 bits per heavy atom. The highest BCUT2D eigenvalue weighted by Gasteiger charge is 2.48. The van der Waals surface area contributed by atoms with Crippen molar-refractivity contribution in [1.82, 2.24) is 15.1 Å². The van der Waals surface area contributed by atoms with E-state index in [1.54, 1.807) is 36.2 Å². The van der Waals surface area contributed by atoms with Crippen molar-refractivity contribution < 1.29 is 14.4 Å². The number of alkyl halides is 1. The van der Waals surface area contributed by atoms with Gasteiger partial charge >= 0.3 is 6.03 Å². The molecule has 0 spiro atoms. The van der Waals surface area contributed by atoms with Crippen LogP contribution in [-0.4, -0.2) is 65.0 Å². The van der Waals surface area contributed by atoms with Crippen LogP contribution in [0.2, 0.25) is 0 Å². The third kappa shape index (κ3) is 2.68. The van der Waals surface area contributed by atoms with Crippen LogP contribution in [0.4, 0.5) is 4.79 Å². The van der Waals surface area contributed by atoms with E-state index in [1.807, 2.05) is 6.07 Å². The number of amides is 3. The molecule has 0 aliphatic carbocycles. The molecule has 2 aliphatic rings. The van der Waals surface area contributed by atoms with Crippen LogP contribution in [-0.2, 0) is 4.79 Å². The SMILES string of the molecule is CN1C(=O)NC(=O)C2C1N=C(CCl)N2CC(=O)c1ccccc1. The number of hydrogen-bond donors (Lipinski definition) is 1. The molecule has 0 bridgehead atoms. The highest BCUT2D eigenvalue weighted by Crippen LogP contribution is 2.24. The molecule has 1 fully saturated rings. The van der Waals surface area contributed by atoms with Gasteiger partial charge in [0.1, 0.15) is 5.84 Å². The monoisotopic (exact) mass is 334 g/mol. The number of carbonyl (C=O) groups excluding carboxylic acids is 3. The largest absolute Gasteiger partial charge is 0.336 e. The number of Topliss-reactive ketones (excluding diaryl/α,β-unsaturated/α-hetero) is 1. The van der Waals surface area contributed by atoms with Gasteiger partial charge in [-0.05, 0) is 0 Å². The van der Waals surface area contributed by atoms with Gasteiger partial charge in [0.15, 0.2) is 18.0 Å². The first kappa shape index (κ1) is 15.5. The van der Waals surface area contributed by atoms with Crippen LogP contribution in [0.5, 0.6) is 0 Å². The Morgan fingerprint density at radius 3 is 2.65 bits per heavy atom. The summed E-state index contributed by atoms with van der Waals surface area (Å²) in [4.78, 5) is 43.6. The highest BCUT2D eigenvalue weighted by atomic mass is 35.5. The Morgan fingerprint density at radius 2 is 2.00 bits per heavy atom. The number of imide groups is 1. The molecule has 0 radical (unpaired) electrons. The molecule has 7 nitrogen and oxygen atoms in total. The van der Waals surface area contributed by atoms with Crippen LogP contribution in [0.3, 0.4) is 0 Å². The van der Waals surface area contributed by atoms with E-state index < -0.39 is 24.1 Å². The Hall–Kier alpha value is -2.41. The number of nitrogens with one attached hydrogen (secondary N) is 1. The standard InChI is InChI=1S/C15H15ClN4O3/c1-19-13-12(14(22)18-15(19)23)20(11(7-16)17-13)8-10(21)9-5-3-2-4-6-9/h2-6,12-13H,7-8H2,1H3,(H,18,22,23). The molecule has 3 amide bonds. The van der Waals surface area contributed by atoms with Gasteiger partial charge in [-0.2, -0.15) is 0 Å². The Labute approximate surface area is 137 Å². The molecule has 2 heterocycles. The second-order valence-electron chi connectivity index (χ2n) is 5.36. The van der Waals surface area contributed by atoms with Crippen molar-refractivity contribution in [2.45, 2.75) is 12.2 Å². The fraction of sp³-hybridized carbons (Fsp3) is 0.333. The maximum absolute atomic E-state index is 12.4. The summed E-state index contributed by atoms with van der Waals surface area (Å²) in [7, 11) is 1.55. The number of likely N-dealkylation sites (N-methyl/N-ethyl adjacent to an activating group) is 1. The van der Waals surface area contributed by atoms with E-state index in [4.69, 9.17) is 11.6 Å². The molecule has 2 unspecified atom stereocenters. The van der Waals surface area contributed by atoms with Crippen molar-refractivity contribution in [2.75, 3.05) is 19.5 Å². The summed E-state index contributed by atoms with van der Waals surface area (Å²) < 4.78 is 0. The quantitative estimate of drug-likeness (QED) is 0.649. The molecule has 1 N–H and O–H groups in total. The number of rotatable bonds is 4. The van der Waals surface area contributed by atoms with E-state index >= 15 is 0 Å². The first-order chi connectivity index (χ1) is 11.0. The van der Waals surface area contributed by atoms with E-state index in [0.717, 1.165) is 0 Å². The van der Waals surface area contributed by atoms with Gasteiger partial charge in [0.05, 0.1) is 12.4 Å². The van der Waals surface area contributed by atoms with Gasteiger partial charge in [0.2, 0.25) is 0 Å². The molecule has 0 saturated carbocycles. The fourth-order valence-electron chi connectivity index (χ4n) is 2.75. The zero-order valence-electron chi connectivity index (χ0n) is 12.4. The minimum Gasteiger partial charge on any atom is -0.336 e. The Balaban J connectivity index is 1.86. The van der Waals surface area contributed by atoms with E-state index in [0.29, 0.717) is 11.4 Å². The average Bonchev–Trinajstić information content (AvgIpc) is 2.92. The van der Waals surface area contributed by atoms with Crippen LogP contribution in [0.1, 0.15) is 10.4 Å². The van der Waals surface area contributed by atoms with Crippen LogP contribution in [0.15, 0.2) is 35.3 Å². The van der Waals surface area contributed by atoms with Crippen molar-refractivity contribution in [3.05, 3.63) is 35.9 Å². The number of carbonyl (C=O) groups is 3. The lowest BCUT2D eigenvalue weighted by Crippen LogP contribution is -2.64. The fourth-order valence-corrected chi connectivity index (χ4v) is 2.98. The molecule has 2 atom stereocenters. The predicted octanol–water partition coefficient (Wildman–Crippen LogP) is 0.698. The summed E-state index contributed by atoms with van der Waals surface area (Å²) in [6, 6.07) is 7.55. The topological polar surface area (TPSA) is 82.1 Å². The van der Waals surface area contributed by atoms with E-state index in [-0.39, 0.29) is 18.2 Å². The number of amidine groups is 1. The number of ketones is 1. The third-order valence-electron chi connectivity index (χ3n) is 3.98. The number of hydrogen-bond acceptors (Lipinski definition) is 5. The molecule has 0 aromatic heterocycles. The lowest BCUT2D eigenvalue weighted by Gasteiger charge is -2.36. The van der Waals surface area contributed by atoms with Gasteiger partial charge in [-0.3, -0.25) is 14.9 Å². The lowest BCUT2D eigenvalue weighted by molar-refractivity contribution is -0.126. The minimum absolute atomic E-state index is 0.0216. The summed E-state index contributed by atoms with van der Waals surface area (Å²) in [5.41, 5.74) is 0.547. The third-order valence-corrected chi connectivity index (χ3v) is 4.22. The van der Waals surface area contributed by atoms with Crippen LogP contribution in [0.25, 0.3) is 0 Å². The van der Waals surface area contributed by atoms with E-state index in [2.05, 4.69) is 10.3 Å². The first-order valence-electron chi connectivity index (χ1n) is 7.08. The number of nitrogens with zero attached hydrogens (tertiary/aromatic N) is 3. The van der Waals surface area contributed by atoms with Crippen molar-refractivity contribution in [3.63, 3.8) is 0 Å². The van der Waals surface area contributed by atoms with Crippen LogP contribution in [0, 0.1) is 0 Å². The van der Waals surface area contributed by atoms with Gasteiger partial charge in [0.25, 0.3) is 5.91 Å². The molecule has 1 aromatic carbocycles. The van der Waals surface area contributed by atoms with E-state index in [9.17, 15) is 14.4 Å². The second-order valence-corrected chi connectivity index (χ2v) is 5.63. The number of halogens is 1. The van der Waals surface area contributed by atoms with Gasteiger partial charge in [-0.15, -0.1) is 11.6 Å². The van der Waals surface area contributed by atoms with Crippen molar-refractivity contribution >= 4 is 35.2 Å². The molecule has 1 saturated heterocycles. The summed E-state index contributed by atoms with van der Waals surface area (Å²) in [6.45, 7) is -0.0216. The van der Waals surface area contributed by atoms with Gasteiger partial charge in [0, 0.05) is 12.6 Å². The molecule has 23 heavy (non-hydrogen) atoms. The summed E-state index contributed by atoms with van der Waals surface area (Å²) in [6.07, 6.45) is -0.659. The molecular formula is C15H15ClN4O3. The zero-order chi connectivity index (χ0) is 16.6. The van der Waals surface area contributed by atoms with Gasteiger partial charge in [-0.25, -0.2) is 9.79 Å². The highest BCUT2D eigenvalue weighted by molar-refractivity contribution is 6.29. The maximum atomic E-state index is 12.4. The predicted molar refractivity (Wildman–Crippen MR) is 84.5 cm³/mol. The second kappa shape index (κ2) is 6.00. The summed E-state index contributed by atoms with van der Waals surface area (Å²) in [5.74, 6) is -0.119. The number of urea groups is 1. The molecule has 1 aromatic rings. The molecule has 2 aliphatic heterocycles. The van der Waals surface area contributed by atoms with Gasteiger partial charge < -0.3 is 9.80 Å². The number of aliphatic imine (C=N–C) groups is 1. The minimum atomic E-state index is -0.737. The maximum Gasteiger partial charge on any atom is 0.325 e.